The highest BCUT2D eigenvalue weighted by Crippen LogP contribution is 2.36. The maximum absolute atomic E-state index is 12.8. The maximum Gasteiger partial charge on any atom is 0.254 e. The van der Waals surface area contributed by atoms with Crippen LogP contribution >= 0.6 is 11.6 Å². The van der Waals surface area contributed by atoms with Gasteiger partial charge < -0.3 is 19.7 Å². The third kappa shape index (κ3) is 4.65. The molecule has 2 aromatic carbocycles. The third-order valence-electron chi connectivity index (χ3n) is 5.26. The monoisotopic (exact) mass is 416 g/mol. The first-order valence-corrected chi connectivity index (χ1v) is 9.89. The van der Waals surface area contributed by atoms with Crippen molar-refractivity contribution < 1.29 is 19.1 Å². The van der Waals surface area contributed by atoms with Gasteiger partial charge in [-0.1, -0.05) is 29.8 Å². The van der Waals surface area contributed by atoms with Gasteiger partial charge in [0.05, 0.1) is 24.9 Å². The first-order valence-electron chi connectivity index (χ1n) is 9.52. The largest absolute Gasteiger partial charge is 0.495 e. The molecule has 2 amide bonds. The number of likely N-dealkylation sites (tertiary alicyclic amines) is 1. The average molecular weight is 417 g/mol. The number of ether oxygens (including phenoxy) is 2. The van der Waals surface area contributed by atoms with Gasteiger partial charge in [0, 0.05) is 36.7 Å². The lowest BCUT2D eigenvalue weighted by atomic mass is 9.95. The quantitative estimate of drug-likeness (QED) is 0.794. The van der Waals surface area contributed by atoms with Crippen LogP contribution in [0.5, 0.6) is 11.5 Å². The van der Waals surface area contributed by atoms with Crippen molar-refractivity contribution in [2.24, 2.45) is 5.92 Å². The first kappa shape index (κ1) is 21.0. The van der Waals surface area contributed by atoms with Crippen molar-refractivity contribution in [3.05, 3.63) is 52.5 Å². The van der Waals surface area contributed by atoms with E-state index in [4.69, 9.17) is 21.1 Å². The maximum atomic E-state index is 12.8. The molecule has 3 rings (SSSR count). The molecule has 1 aliphatic heterocycles. The fourth-order valence-electron chi connectivity index (χ4n) is 3.52. The van der Waals surface area contributed by atoms with Gasteiger partial charge in [-0.2, -0.15) is 0 Å². The number of hydrogen-bond donors (Lipinski definition) is 1. The summed E-state index contributed by atoms with van der Waals surface area (Å²) in [6.45, 7) is 3.03. The Hall–Kier alpha value is -2.73. The Balaban J connectivity index is 1.64. The zero-order valence-corrected chi connectivity index (χ0v) is 17.6. The Labute approximate surface area is 175 Å². The van der Waals surface area contributed by atoms with Crippen LogP contribution in [0.4, 0.5) is 5.69 Å². The molecule has 0 saturated carbocycles. The minimum Gasteiger partial charge on any atom is -0.495 e. The van der Waals surface area contributed by atoms with Crippen LogP contribution in [0, 0.1) is 12.8 Å². The van der Waals surface area contributed by atoms with Crippen molar-refractivity contribution in [3.63, 3.8) is 0 Å². The third-order valence-corrected chi connectivity index (χ3v) is 5.56. The predicted octanol–water partition coefficient (Wildman–Crippen LogP) is 4.16. The van der Waals surface area contributed by atoms with E-state index in [9.17, 15) is 9.59 Å². The topological polar surface area (TPSA) is 67.9 Å². The van der Waals surface area contributed by atoms with Gasteiger partial charge >= 0.3 is 0 Å². The molecule has 1 saturated heterocycles. The second-order valence-electron chi connectivity index (χ2n) is 7.06. The van der Waals surface area contributed by atoms with Gasteiger partial charge in [-0.25, -0.2) is 0 Å². The number of anilines is 1. The number of piperidine rings is 1. The van der Waals surface area contributed by atoms with Crippen LogP contribution < -0.4 is 14.8 Å². The van der Waals surface area contributed by atoms with E-state index in [0.717, 1.165) is 5.56 Å². The fraction of sp³-hybridized carbons (Fsp3) is 0.364. The van der Waals surface area contributed by atoms with E-state index in [1.807, 2.05) is 36.1 Å². The summed E-state index contributed by atoms with van der Waals surface area (Å²) < 4.78 is 10.5. The standard InChI is InChI=1S/C22H25ClN2O4/c1-14-6-4-5-7-16(14)22(27)25-10-8-15(9-11-25)21(26)24-18-13-19(28-2)17(23)12-20(18)29-3/h4-7,12-13,15H,8-11H2,1-3H3,(H,24,26). The molecule has 0 radical (unpaired) electrons. The number of carbonyl (C=O) groups excluding carboxylic acids is 2. The lowest BCUT2D eigenvalue weighted by Crippen LogP contribution is -2.41. The van der Waals surface area contributed by atoms with Crippen molar-refractivity contribution in [1.29, 1.82) is 0 Å². The number of nitrogens with one attached hydrogen (secondary N) is 1. The Bertz CT molecular complexity index is 908. The van der Waals surface area contributed by atoms with Crippen LogP contribution in [-0.4, -0.2) is 44.0 Å². The van der Waals surface area contributed by atoms with Crippen molar-refractivity contribution in [2.45, 2.75) is 19.8 Å². The second-order valence-corrected chi connectivity index (χ2v) is 7.46. The van der Waals surface area contributed by atoms with E-state index >= 15 is 0 Å². The molecular formula is C22H25ClN2O4. The molecule has 0 aliphatic carbocycles. The number of amides is 2. The Kier molecular flexibility index (Phi) is 6.64. The lowest BCUT2D eigenvalue weighted by molar-refractivity contribution is -0.121. The molecule has 0 aromatic heterocycles. The second kappa shape index (κ2) is 9.18. The van der Waals surface area contributed by atoms with Crippen LogP contribution in [0.1, 0.15) is 28.8 Å². The molecular weight excluding hydrogens is 392 g/mol. The Morgan fingerprint density at radius 2 is 1.72 bits per heavy atom. The Morgan fingerprint density at radius 1 is 1.07 bits per heavy atom. The van der Waals surface area contributed by atoms with Crippen molar-refractivity contribution >= 4 is 29.1 Å². The minimum atomic E-state index is -0.178. The van der Waals surface area contributed by atoms with Crippen molar-refractivity contribution in [2.75, 3.05) is 32.6 Å². The van der Waals surface area contributed by atoms with E-state index in [1.54, 1.807) is 12.1 Å². The number of nitrogens with zero attached hydrogens (tertiary/aromatic N) is 1. The summed E-state index contributed by atoms with van der Waals surface area (Å²) in [4.78, 5) is 27.4. The highest BCUT2D eigenvalue weighted by molar-refractivity contribution is 6.32. The van der Waals surface area contributed by atoms with Crippen molar-refractivity contribution in [3.8, 4) is 11.5 Å². The average Bonchev–Trinajstić information content (AvgIpc) is 2.74. The van der Waals surface area contributed by atoms with Gasteiger partial charge in [0.2, 0.25) is 5.91 Å². The molecule has 0 unspecified atom stereocenters. The van der Waals surface area contributed by atoms with E-state index in [1.165, 1.54) is 14.2 Å². The number of methoxy groups -OCH3 is 2. The zero-order chi connectivity index (χ0) is 21.0. The summed E-state index contributed by atoms with van der Waals surface area (Å²) in [5, 5.41) is 3.32. The summed E-state index contributed by atoms with van der Waals surface area (Å²) in [7, 11) is 3.03. The normalized spacial score (nSPS) is 14.4. The minimum absolute atomic E-state index is 0.0195. The van der Waals surface area contributed by atoms with Crippen molar-refractivity contribution in [1.82, 2.24) is 4.90 Å². The van der Waals surface area contributed by atoms with Gasteiger partial charge in [0.1, 0.15) is 11.5 Å². The Morgan fingerprint density at radius 3 is 2.34 bits per heavy atom. The molecule has 1 heterocycles. The summed E-state index contributed by atoms with van der Waals surface area (Å²) in [6.07, 6.45) is 1.22. The number of hydrogen-bond acceptors (Lipinski definition) is 4. The van der Waals surface area contributed by atoms with Gasteiger partial charge in [-0.15, -0.1) is 0 Å². The van der Waals surface area contributed by atoms with E-state index in [-0.39, 0.29) is 17.7 Å². The molecule has 154 valence electrons. The van der Waals surface area contributed by atoms with Crippen LogP contribution in [0.3, 0.4) is 0 Å². The van der Waals surface area contributed by atoms with Gasteiger partial charge in [0.15, 0.2) is 0 Å². The molecule has 2 aromatic rings. The molecule has 29 heavy (non-hydrogen) atoms. The van der Waals surface area contributed by atoms with Crippen LogP contribution in [0.25, 0.3) is 0 Å². The molecule has 0 spiro atoms. The summed E-state index contributed by atoms with van der Waals surface area (Å²) in [6, 6.07) is 10.8. The molecule has 0 atom stereocenters. The predicted molar refractivity (Wildman–Crippen MR) is 113 cm³/mol. The smallest absolute Gasteiger partial charge is 0.254 e. The summed E-state index contributed by atoms with van der Waals surface area (Å²) >= 11 is 6.12. The number of aryl methyl sites for hydroxylation is 1. The SMILES string of the molecule is COc1cc(NC(=O)C2CCN(C(=O)c3ccccc3C)CC2)c(OC)cc1Cl. The van der Waals surface area contributed by atoms with Gasteiger partial charge in [-0.05, 0) is 31.4 Å². The van der Waals surface area contributed by atoms with Crippen LogP contribution in [0.15, 0.2) is 36.4 Å². The summed E-state index contributed by atoms with van der Waals surface area (Å²) in [5.41, 5.74) is 2.19. The lowest BCUT2D eigenvalue weighted by Gasteiger charge is -2.31. The zero-order valence-electron chi connectivity index (χ0n) is 16.8. The van der Waals surface area contributed by atoms with E-state index < -0.39 is 0 Å². The molecule has 1 fully saturated rings. The highest BCUT2D eigenvalue weighted by atomic mass is 35.5. The van der Waals surface area contributed by atoms with E-state index in [2.05, 4.69) is 5.32 Å². The first-order chi connectivity index (χ1) is 13.9. The van der Waals surface area contributed by atoms with Gasteiger partial charge in [-0.3, -0.25) is 9.59 Å². The molecule has 6 nitrogen and oxygen atoms in total. The fourth-order valence-corrected chi connectivity index (χ4v) is 3.75. The number of halogens is 1. The van der Waals surface area contributed by atoms with Crippen LogP contribution in [0.2, 0.25) is 5.02 Å². The number of benzene rings is 2. The van der Waals surface area contributed by atoms with Crippen LogP contribution in [-0.2, 0) is 4.79 Å². The highest BCUT2D eigenvalue weighted by Gasteiger charge is 2.29. The van der Waals surface area contributed by atoms with E-state index in [0.29, 0.717) is 53.7 Å². The molecule has 7 heteroatoms. The van der Waals surface area contributed by atoms with Gasteiger partial charge in [0.25, 0.3) is 5.91 Å². The summed E-state index contributed by atoms with van der Waals surface area (Å²) in [5.74, 6) is 0.668. The number of rotatable bonds is 5. The molecule has 0 bridgehead atoms. The molecule has 1 aliphatic rings. The molecule has 1 N–H and O–H groups in total. The number of carbonyl (C=O) groups is 2.